The number of hydrogen-bond acceptors (Lipinski definition) is 2. The van der Waals surface area contributed by atoms with Gasteiger partial charge in [0.1, 0.15) is 24.6 Å². The SMILES string of the molecule is C#CCCCCCCCCCOc1cc[n+](CCCCCCCCCCCC[n+]2ccc(OCCCCCCCCCC#C)cc2)cc1. The van der Waals surface area contributed by atoms with Crippen molar-refractivity contribution in [1.82, 2.24) is 0 Å². The summed E-state index contributed by atoms with van der Waals surface area (Å²) in [5, 5.41) is 0. The summed E-state index contributed by atoms with van der Waals surface area (Å²) in [6, 6.07) is 8.47. The highest BCUT2D eigenvalue weighted by molar-refractivity contribution is 5.15. The largest absolute Gasteiger partial charge is 0.493 e. The van der Waals surface area contributed by atoms with Gasteiger partial charge >= 0.3 is 0 Å². The van der Waals surface area contributed by atoms with E-state index in [-0.39, 0.29) is 0 Å². The van der Waals surface area contributed by atoms with E-state index in [0.717, 1.165) is 63.5 Å². The maximum absolute atomic E-state index is 5.94. The van der Waals surface area contributed by atoms with E-state index in [1.807, 2.05) is 0 Å². The number of pyridine rings is 2. The van der Waals surface area contributed by atoms with E-state index in [1.54, 1.807) is 0 Å². The summed E-state index contributed by atoms with van der Waals surface area (Å²) in [6.45, 7) is 3.85. The summed E-state index contributed by atoms with van der Waals surface area (Å²) in [4.78, 5) is 0. The highest BCUT2D eigenvalue weighted by Gasteiger charge is 2.04. The van der Waals surface area contributed by atoms with Gasteiger partial charge in [0.2, 0.25) is 0 Å². The standard InChI is InChI=1S/C44H70N2O2/c1-3-5-7-9-11-17-21-25-29-41-47-43-31-37-45(38-32-43)35-27-23-19-15-13-14-16-20-24-28-36-46-39-33-44(34-40-46)48-42-30-26-22-18-12-10-8-6-4-2/h1-2,31-34,37-40H,5-30,35-36,41-42H2/q+2. The van der Waals surface area contributed by atoms with E-state index in [0.29, 0.717) is 0 Å². The third-order valence-corrected chi connectivity index (χ3v) is 9.27. The lowest BCUT2D eigenvalue weighted by Gasteiger charge is -2.06. The quantitative estimate of drug-likeness (QED) is 0.0433. The fourth-order valence-electron chi connectivity index (χ4n) is 6.19. The molecule has 0 amide bonds. The molecule has 2 rings (SSSR count). The number of unbranched alkanes of at least 4 members (excludes halogenated alkanes) is 23. The van der Waals surface area contributed by atoms with Crippen molar-refractivity contribution in [2.45, 2.75) is 180 Å². The first kappa shape index (κ1) is 41.2. The first-order chi connectivity index (χ1) is 23.8. The van der Waals surface area contributed by atoms with Gasteiger partial charge in [-0.2, -0.15) is 0 Å². The molecule has 0 aliphatic heterocycles. The lowest BCUT2D eigenvalue weighted by molar-refractivity contribution is -0.697. The molecule has 0 aromatic carbocycles. The van der Waals surface area contributed by atoms with Gasteiger partial charge in [-0.05, 0) is 38.5 Å². The van der Waals surface area contributed by atoms with Crippen molar-refractivity contribution in [3.8, 4) is 36.2 Å². The second-order valence-corrected chi connectivity index (χ2v) is 13.6. The van der Waals surface area contributed by atoms with Gasteiger partial charge in [0.05, 0.1) is 13.2 Å². The van der Waals surface area contributed by atoms with Gasteiger partial charge in [-0.3, -0.25) is 0 Å². The molecule has 2 aromatic rings. The van der Waals surface area contributed by atoms with Crippen LogP contribution in [0.2, 0.25) is 0 Å². The Morgan fingerprint density at radius 1 is 0.375 bits per heavy atom. The van der Waals surface area contributed by atoms with Crippen molar-refractivity contribution in [2.24, 2.45) is 0 Å². The van der Waals surface area contributed by atoms with Crippen molar-refractivity contribution in [1.29, 1.82) is 0 Å². The van der Waals surface area contributed by atoms with Gasteiger partial charge in [-0.1, -0.05) is 103 Å². The van der Waals surface area contributed by atoms with Gasteiger partial charge < -0.3 is 9.47 Å². The summed E-state index contributed by atoms with van der Waals surface area (Å²) in [5.74, 6) is 7.44. The highest BCUT2D eigenvalue weighted by Crippen LogP contribution is 2.14. The summed E-state index contributed by atoms with van der Waals surface area (Å²) >= 11 is 0. The lowest BCUT2D eigenvalue weighted by atomic mass is 10.1. The predicted octanol–water partition coefficient (Wildman–Crippen LogP) is 11.1. The molecule has 0 saturated carbocycles. The van der Waals surface area contributed by atoms with Crippen LogP contribution < -0.4 is 18.6 Å². The van der Waals surface area contributed by atoms with Crippen LogP contribution in [-0.2, 0) is 13.1 Å². The minimum Gasteiger partial charge on any atom is -0.493 e. The number of ether oxygens (including phenoxy) is 2. The Kier molecular flexibility index (Phi) is 26.9. The molecule has 0 spiro atoms. The molecule has 2 aromatic heterocycles. The Hall–Kier alpha value is -2.98. The van der Waals surface area contributed by atoms with Crippen LogP contribution in [0, 0.1) is 24.7 Å². The number of nitrogens with zero attached hydrogens (tertiary/aromatic N) is 2. The maximum atomic E-state index is 5.94. The molecule has 0 aliphatic carbocycles. The highest BCUT2D eigenvalue weighted by atomic mass is 16.5. The molecule has 48 heavy (non-hydrogen) atoms. The number of terminal acetylenes is 2. The Bertz CT molecular complexity index is 980. The molecule has 0 aliphatic rings. The first-order valence-electron chi connectivity index (χ1n) is 19.9. The Morgan fingerprint density at radius 2 is 0.646 bits per heavy atom. The minimum absolute atomic E-state index is 0.821. The topological polar surface area (TPSA) is 26.2 Å². The van der Waals surface area contributed by atoms with Crippen LogP contribution in [-0.4, -0.2) is 13.2 Å². The molecule has 0 fully saturated rings. The van der Waals surface area contributed by atoms with Crippen LogP contribution in [0.25, 0.3) is 0 Å². The monoisotopic (exact) mass is 659 g/mol. The Labute approximate surface area is 296 Å². The number of rotatable bonds is 33. The molecule has 4 heteroatoms. The smallest absolute Gasteiger partial charge is 0.172 e. The molecule has 0 atom stereocenters. The normalized spacial score (nSPS) is 10.9. The van der Waals surface area contributed by atoms with Crippen molar-refractivity contribution in [3.05, 3.63) is 49.1 Å². The number of aryl methyl sites for hydroxylation is 2. The van der Waals surface area contributed by atoms with Crippen LogP contribution in [0.3, 0.4) is 0 Å². The number of aromatic nitrogens is 2. The van der Waals surface area contributed by atoms with Gasteiger partial charge in [0.15, 0.2) is 24.8 Å². The van der Waals surface area contributed by atoms with Gasteiger partial charge in [-0.15, -0.1) is 24.7 Å². The summed E-state index contributed by atoms with van der Waals surface area (Å²) in [5.41, 5.74) is 0. The van der Waals surface area contributed by atoms with Crippen molar-refractivity contribution in [3.63, 3.8) is 0 Å². The van der Waals surface area contributed by atoms with E-state index in [2.05, 4.69) is 70.0 Å². The molecule has 0 bridgehead atoms. The van der Waals surface area contributed by atoms with Crippen molar-refractivity contribution in [2.75, 3.05) is 13.2 Å². The first-order valence-corrected chi connectivity index (χ1v) is 19.9. The minimum atomic E-state index is 0.821. The van der Waals surface area contributed by atoms with Gasteiger partial charge in [0.25, 0.3) is 0 Å². The van der Waals surface area contributed by atoms with Crippen LogP contribution in [0.5, 0.6) is 11.5 Å². The van der Waals surface area contributed by atoms with E-state index in [4.69, 9.17) is 22.3 Å². The predicted molar refractivity (Wildman–Crippen MR) is 202 cm³/mol. The molecule has 0 unspecified atom stereocenters. The zero-order chi connectivity index (χ0) is 34.0. The summed E-state index contributed by atoms with van der Waals surface area (Å²) < 4.78 is 16.5. The average Bonchev–Trinajstić information content (AvgIpc) is 3.11. The summed E-state index contributed by atoms with van der Waals surface area (Å²) in [6.07, 6.45) is 52.1. The van der Waals surface area contributed by atoms with Crippen LogP contribution in [0.1, 0.15) is 167 Å². The molecule has 0 N–H and O–H groups in total. The van der Waals surface area contributed by atoms with Crippen LogP contribution >= 0.6 is 0 Å². The molecule has 0 saturated heterocycles. The summed E-state index contributed by atoms with van der Waals surface area (Å²) in [7, 11) is 0. The maximum Gasteiger partial charge on any atom is 0.172 e. The molecule has 266 valence electrons. The van der Waals surface area contributed by atoms with Gasteiger partial charge in [-0.25, -0.2) is 9.13 Å². The second-order valence-electron chi connectivity index (χ2n) is 13.6. The Balaban J connectivity index is 1.32. The van der Waals surface area contributed by atoms with E-state index in [1.165, 1.54) is 141 Å². The fraction of sp³-hybridized carbons (Fsp3) is 0.682. The molecule has 0 radical (unpaired) electrons. The van der Waals surface area contributed by atoms with Crippen molar-refractivity contribution < 1.29 is 18.6 Å². The molecular weight excluding hydrogens is 588 g/mol. The zero-order valence-electron chi connectivity index (χ0n) is 30.7. The lowest BCUT2D eigenvalue weighted by Crippen LogP contribution is -2.32. The fourth-order valence-corrected chi connectivity index (χ4v) is 6.19. The molecule has 4 nitrogen and oxygen atoms in total. The zero-order valence-corrected chi connectivity index (χ0v) is 30.7. The average molecular weight is 659 g/mol. The Morgan fingerprint density at radius 3 is 0.958 bits per heavy atom. The number of hydrogen-bond donors (Lipinski definition) is 0. The van der Waals surface area contributed by atoms with E-state index in [9.17, 15) is 0 Å². The van der Waals surface area contributed by atoms with E-state index >= 15 is 0 Å². The molecular formula is C44H70N2O2+2. The van der Waals surface area contributed by atoms with Crippen LogP contribution in [0.4, 0.5) is 0 Å². The van der Waals surface area contributed by atoms with Crippen LogP contribution in [0.15, 0.2) is 49.1 Å². The van der Waals surface area contributed by atoms with Crippen molar-refractivity contribution >= 4 is 0 Å². The van der Waals surface area contributed by atoms with Gasteiger partial charge in [0, 0.05) is 49.9 Å². The molecule has 2 heterocycles. The van der Waals surface area contributed by atoms with E-state index < -0.39 is 0 Å². The third-order valence-electron chi connectivity index (χ3n) is 9.27. The third kappa shape index (κ3) is 24.2. The second kappa shape index (κ2) is 31.3.